The van der Waals surface area contributed by atoms with Crippen molar-refractivity contribution in [3.8, 4) is 11.8 Å². The summed E-state index contributed by atoms with van der Waals surface area (Å²) in [5.41, 5.74) is 2.42. The number of amides is 1. The van der Waals surface area contributed by atoms with Crippen molar-refractivity contribution < 1.29 is 4.79 Å². The van der Waals surface area contributed by atoms with Crippen molar-refractivity contribution >= 4 is 17.7 Å². The van der Waals surface area contributed by atoms with E-state index in [4.69, 9.17) is 0 Å². The fraction of sp³-hybridized carbons (Fsp3) is 0.471. The number of aryl methyl sites for hydroxylation is 2. The minimum atomic E-state index is -0.780. The third kappa shape index (κ3) is 3.82. The van der Waals surface area contributed by atoms with Gasteiger partial charge in [0.25, 0.3) is 0 Å². The number of aromatic nitrogens is 4. The quantitative estimate of drug-likeness (QED) is 0.797. The van der Waals surface area contributed by atoms with Crippen LogP contribution in [0.2, 0.25) is 0 Å². The SMILES string of the molecule is Cc1ccc(-n2nnnc2SCC(=O)N[C@@](C)(C#N)C2CC2)cc1C. The zero-order valence-electron chi connectivity index (χ0n) is 14.5. The monoisotopic (exact) mass is 356 g/mol. The molecule has 25 heavy (non-hydrogen) atoms. The van der Waals surface area contributed by atoms with Gasteiger partial charge in [0.2, 0.25) is 11.1 Å². The van der Waals surface area contributed by atoms with E-state index in [9.17, 15) is 10.1 Å². The summed E-state index contributed by atoms with van der Waals surface area (Å²) in [6.45, 7) is 5.86. The van der Waals surface area contributed by atoms with Crippen LogP contribution in [0.1, 0.15) is 30.9 Å². The van der Waals surface area contributed by atoms with Crippen LogP contribution in [0.4, 0.5) is 0 Å². The molecule has 3 rings (SSSR count). The zero-order chi connectivity index (χ0) is 18.0. The lowest BCUT2D eigenvalue weighted by Crippen LogP contribution is -2.47. The van der Waals surface area contributed by atoms with Crippen LogP contribution >= 0.6 is 11.8 Å². The van der Waals surface area contributed by atoms with Crippen molar-refractivity contribution in [2.45, 2.75) is 44.3 Å². The topological polar surface area (TPSA) is 96.5 Å². The van der Waals surface area contributed by atoms with E-state index in [0.29, 0.717) is 5.16 Å². The molecule has 1 fully saturated rings. The maximum atomic E-state index is 12.2. The number of thioether (sulfide) groups is 1. The number of nitrogens with zero attached hydrogens (tertiary/aromatic N) is 5. The Morgan fingerprint density at radius 3 is 2.84 bits per heavy atom. The Morgan fingerprint density at radius 2 is 2.20 bits per heavy atom. The number of benzene rings is 1. The van der Waals surface area contributed by atoms with Crippen LogP contribution in [0.15, 0.2) is 23.4 Å². The molecule has 2 aromatic rings. The summed E-state index contributed by atoms with van der Waals surface area (Å²) in [4.78, 5) is 12.2. The van der Waals surface area contributed by atoms with Gasteiger partial charge in [-0.1, -0.05) is 17.8 Å². The highest BCUT2D eigenvalue weighted by atomic mass is 32.2. The first kappa shape index (κ1) is 17.4. The third-order valence-electron chi connectivity index (χ3n) is 4.53. The second kappa shape index (κ2) is 6.84. The number of hydrogen-bond acceptors (Lipinski definition) is 6. The molecule has 0 saturated heterocycles. The van der Waals surface area contributed by atoms with Gasteiger partial charge in [0, 0.05) is 0 Å². The van der Waals surface area contributed by atoms with Gasteiger partial charge in [-0.25, -0.2) is 0 Å². The largest absolute Gasteiger partial charge is 0.337 e. The standard InChI is InChI=1S/C17H20N6OS/c1-11-4-7-14(8-12(11)2)23-16(20-21-22-23)25-9-15(24)19-17(3,10-18)13-5-6-13/h4,7-8,13H,5-6,9H2,1-3H3,(H,19,24)/t17-/m0/s1. The molecule has 130 valence electrons. The first-order valence-electron chi connectivity index (χ1n) is 8.14. The second-order valence-electron chi connectivity index (χ2n) is 6.57. The van der Waals surface area contributed by atoms with E-state index >= 15 is 0 Å². The lowest BCUT2D eigenvalue weighted by Gasteiger charge is -2.22. The Hall–Kier alpha value is -2.40. The molecular formula is C17H20N6OS. The van der Waals surface area contributed by atoms with Crippen LogP contribution in [0.5, 0.6) is 0 Å². The van der Waals surface area contributed by atoms with Crippen molar-refractivity contribution in [1.82, 2.24) is 25.5 Å². The van der Waals surface area contributed by atoms with Crippen LogP contribution in [0.25, 0.3) is 5.69 Å². The van der Waals surface area contributed by atoms with Gasteiger partial charge < -0.3 is 5.32 Å². The molecule has 1 aliphatic carbocycles. The number of carbonyl (C=O) groups excluding carboxylic acids is 1. The molecule has 8 heteroatoms. The van der Waals surface area contributed by atoms with E-state index in [1.807, 2.05) is 32.0 Å². The van der Waals surface area contributed by atoms with E-state index in [-0.39, 0.29) is 17.6 Å². The van der Waals surface area contributed by atoms with Crippen molar-refractivity contribution in [1.29, 1.82) is 5.26 Å². The number of nitriles is 1. The molecule has 1 aliphatic rings. The van der Waals surface area contributed by atoms with E-state index in [2.05, 4.69) is 26.9 Å². The van der Waals surface area contributed by atoms with Gasteiger partial charge in [-0.3, -0.25) is 4.79 Å². The molecule has 1 aromatic carbocycles. The number of nitrogens with one attached hydrogen (secondary N) is 1. The number of rotatable bonds is 6. The first-order valence-corrected chi connectivity index (χ1v) is 9.12. The van der Waals surface area contributed by atoms with Crippen molar-refractivity contribution in [2.24, 2.45) is 5.92 Å². The smallest absolute Gasteiger partial charge is 0.231 e. The molecule has 0 bridgehead atoms. The molecule has 0 unspecified atom stereocenters. The minimum absolute atomic E-state index is 0.162. The molecule has 0 spiro atoms. The Morgan fingerprint density at radius 1 is 1.44 bits per heavy atom. The molecular weight excluding hydrogens is 336 g/mol. The average Bonchev–Trinajstić information content (AvgIpc) is 3.35. The highest BCUT2D eigenvalue weighted by Gasteiger charge is 2.42. The third-order valence-corrected chi connectivity index (χ3v) is 5.45. The molecule has 1 atom stereocenters. The summed E-state index contributed by atoms with van der Waals surface area (Å²) in [7, 11) is 0. The van der Waals surface area contributed by atoms with Gasteiger partial charge in [-0.05, 0) is 73.2 Å². The number of hydrogen-bond donors (Lipinski definition) is 1. The first-order chi connectivity index (χ1) is 11.9. The van der Waals surface area contributed by atoms with Gasteiger partial charge >= 0.3 is 0 Å². The van der Waals surface area contributed by atoms with E-state index < -0.39 is 5.54 Å². The van der Waals surface area contributed by atoms with Crippen LogP contribution in [0, 0.1) is 31.1 Å². The summed E-state index contributed by atoms with van der Waals surface area (Å²) in [6.07, 6.45) is 1.98. The second-order valence-corrected chi connectivity index (χ2v) is 7.51. The van der Waals surface area contributed by atoms with Gasteiger partial charge in [-0.15, -0.1) is 5.10 Å². The number of carbonyl (C=O) groups is 1. The normalized spacial score (nSPS) is 16.1. The van der Waals surface area contributed by atoms with Crippen LogP contribution in [0.3, 0.4) is 0 Å². The molecule has 1 amide bonds. The van der Waals surface area contributed by atoms with Gasteiger partial charge in [0.1, 0.15) is 5.54 Å². The maximum absolute atomic E-state index is 12.2. The molecule has 1 heterocycles. The summed E-state index contributed by atoms with van der Waals surface area (Å²) in [5.74, 6) is 0.234. The summed E-state index contributed by atoms with van der Waals surface area (Å²) < 4.78 is 1.62. The molecule has 1 saturated carbocycles. The lowest BCUT2D eigenvalue weighted by atomic mass is 9.98. The Bertz CT molecular complexity index is 838. The molecule has 7 nitrogen and oxygen atoms in total. The lowest BCUT2D eigenvalue weighted by molar-refractivity contribution is -0.119. The summed E-state index contributed by atoms with van der Waals surface area (Å²) in [5, 5.41) is 24.5. The fourth-order valence-electron chi connectivity index (χ4n) is 2.63. The fourth-order valence-corrected chi connectivity index (χ4v) is 3.32. The Balaban J connectivity index is 1.66. The van der Waals surface area contributed by atoms with Gasteiger partial charge in [0.05, 0.1) is 17.5 Å². The number of tetrazole rings is 1. The highest BCUT2D eigenvalue weighted by molar-refractivity contribution is 7.99. The predicted molar refractivity (Wildman–Crippen MR) is 94.2 cm³/mol. The van der Waals surface area contributed by atoms with E-state index in [1.165, 1.54) is 17.3 Å². The van der Waals surface area contributed by atoms with Crippen LogP contribution in [-0.2, 0) is 4.79 Å². The predicted octanol–water partition coefficient (Wildman–Crippen LogP) is 2.18. The van der Waals surface area contributed by atoms with Crippen molar-refractivity contribution in [3.63, 3.8) is 0 Å². The van der Waals surface area contributed by atoms with Crippen molar-refractivity contribution in [3.05, 3.63) is 29.3 Å². The van der Waals surface area contributed by atoms with Crippen molar-refractivity contribution in [2.75, 3.05) is 5.75 Å². The Labute approximate surface area is 150 Å². The van der Waals surface area contributed by atoms with Crippen LogP contribution in [-0.4, -0.2) is 37.4 Å². The van der Waals surface area contributed by atoms with Crippen LogP contribution < -0.4 is 5.32 Å². The molecule has 1 aromatic heterocycles. The van der Waals surface area contributed by atoms with Gasteiger partial charge in [-0.2, -0.15) is 9.94 Å². The molecule has 0 aliphatic heterocycles. The maximum Gasteiger partial charge on any atom is 0.231 e. The molecule has 1 N–H and O–H groups in total. The van der Waals surface area contributed by atoms with E-state index in [0.717, 1.165) is 24.1 Å². The summed E-state index contributed by atoms with van der Waals surface area (Å²) >= 11 is 1.26. The van der Waals surface area contributed by atoms with E-state index in [1.54, 1.807) is 11.6 Å². The minimum Gasteiger partial charge on any atom is -0.337 e. The molecule has 0 radical (unpaired) electrons. The zero-order valence-corrected chi connectivity index (χ0v) is 15.3. The summed E-state index contributed by atoms with van der Waals surface area (Å²) in [6, 6.07) is 8.20. The highest BCUT2D eigenvalue weighted by Crippen LogP contribution is 2.39. The Kier molecular flexibility index (Phi) is 4.77. The van der Waals surface area contributed by atoms with Gasteiger partial charge in [0.15, 0.2) is 0 Å². The average molecular weight is 356 g/mol.